The Labute approximate surface area is 235 Å². The molecule has 0 heterocycles. The van der Waals surface area contributed by atoms with Crippen molar-refractivity contribution in [1.82, 2.24) is 0 Å². The van der Waals surface area contributed by atoms with Crippen molar-refractivity contribution in [2.45, 2.75) is 32.2 Å². The monoisotopic (exact) mass is 574 g/mol. The summed E-state index contributed by atoms with van der Waals surface area (Å²) < 4.78 is 43.5. The molecular weight excluding hydrogens is 541 g/mol. The minimum absolute atomic E-state index is 0.114. The zero-order chi connectivity index (χ0) is 30.3. The Morgan fingerprint density at radius 2 is 0.927 bits per heavy atom. The highest BCUT2D eigenvalue weighted by Gasteiger charge is 2.38. The molecule has 3 aromatic carbocycles. The normalized spacial score (nSPS) is 10.5. The van der Waals surface area contributed by atoms with E-state index in [4.69, 9.17) is 42.3 Å². The van der Waals surface area contributed by atoms with E-state index in [9.17, 15) is 13.2 Å². The second kappa shape index (κ2) is 16.2. The second-order valence-electron chi connectivity index (χ2n) is 8.60. The zero-order valence-corrected chi connectivity index (χ0v) is 22.2. The van der Waals surface area contributed by atoms with E-state index in [1.165, 1.54) is 0 Å². The van der Waals surface area contributed by atoms with Gasteiger partial charge in [-0.3, -0.25) is 9.98 Å². The lowest BCUT2D eigenvalue weighted by Gasteiger charge is -2.09. The van der Waals surface area contributed by atoms with Gasteiger partial charge in [0.1, 0.15) is 24.7 Å². The van der Waals surface area contributed by atoms with Crippen LogP contribution in [0.2, 0.25) is 0 Å². The van der Waals surface area contributed by atoms with E-state index in [1.54, 1.807) is 0 Å². The first kappa shape index (κ1) is 32.3. The molecule has 0 fully saturated rings. The Balaban J connectivity index is 0.000000745. The van der Waals surface area contributed by atoms with Gasteiger partial charge in [-0.1, -0.05) is 48.5 Å². The molecule has 3 rings (SSSR count). The van der Waals surface area contributed by atoms with E-state index in [0.29, 0.717) is 26.3 Å². The van der Waals surface area contributed by atoms with Gasteiger partial charge in [0.05, 0.1) is 0 Å². The molecule has 0 radical (unpaired) electrons. The molecule has 0 saturated heterocycles. The number of carboxylic acids is 1. The number of nitrogens with zero attached hydrogens (tertiary/aromatic N) is 2. The van der Waals surface area contributed by atoms with Crippen LogP contribution in [0.3, 0.4) is 0 Å². The Bertz CT molecular complexity index is 1180. The Morgan fingerprint density at radius 3 is 1.20 bits per heavy atom. The number of rotatable bonds is 12. The summed E-state index contributed by atoms with van der Waals surface area (Å²) in [6.45, 7) is 2.14. The fourth-order valence-corrected chi connectivity index (χ4v) is 3.20. The molecule has 0 saturated carbocycles. The fourth-order valence-electron chi connectivity index (χ4n) is 3.20. The predicted molar refractivity (Wildman–Crippen MR) is 150 cm³/mol. The van der Waals surface area contributed by atoms with Crippen molar-refractivity contribution in [2.24, 2.45) is 32.9 Å². The molecule has 0 amide bonds. The topological polar surface area (TPSA) is 185 Å². The van der Waals surface area contributed by atoms with Gasteiger partial charge in [0.25, 0.3) is 0 Å². The number of hydrogen-bond acceptors (Lipinski definition) is 5. The van der Waals surface area contributed by atoms with E-state index in [-0.39, 0.29) is 11.9 Å². The smallest absolute Gasteiger partial charge is 0.489 e. The highest BCUT2D eigenvalue weighted by Crippen LogP contribution is 2.17. The van der Waals surface area contributed by atoms with Crippen molar-refractivity contribution in [2.75, 3.05) is 13.1 Å². The third kappa shape index (κ3) is 13.6. The SMILES string of the molecule is NC(N)=NCCc1ccc(OCc2ccc(COc3ccc(CCN=C(N)N)cc3)cc2)cc1.O=C(O)C(F)(F)F. The van der Waals surface area contributed by atoms with Gasteiger partial charge >= 0.3 is 12.1 Å². The summed E-state index contributed by atoms with van der Waals surface area (Å²) in [7, 11) is 0. The molecule has 0 aromatic heterocycles. The average molecular weight is 575 g/mol. The van der Waals surface area contributed by atoms with Crippen LogP contribution >= 0.6 is 0 Å². The standard InChI is InChI=1S/C26H32N6O2.C2HF3O2/c27-25(28)31-15-13-19-5-9-23(10-6-19)33-17-21-1-2-22(4-3-21)18-34-24-11-7-20(8-12-24)14-16-32-26(29)30;3-2(4,5)1(6)7/h1-12H,13-18H2,(H4,27,28,31)(H4,29,30,32);(H,6,7). The summed E-state index contributed by atoms with van der Waals surface area (Å²) in [5.41, 5.74) is 25.9. The molecule has 0 spiro atoms. The summed E-state index contributed by atoms with van der Waals surface area (Å²) in [6.07, 6.45) is -3.52. The molecule has 0 aliphatic rings. The lowest BCUT2D eigenvalue weighted by atomic mass is 10.1. The van der Waals surface area contributed by atoms with Gasteiger partial charge in [-0.05, 0) is 59.4 Å². The van der Waals surface area contributed by atoms with E-state index in [1.807, 2.05) is 48.5 Å². The molecule has 0 aliphatic carbocycles. The van der Waals surface area contributed by atoms with E-state index < -0.39 is 12.1 Å². The molecule has 220 valence electrons. The molecule has 10 nitrogen and oxygen atoms in total. The summed E-state index contributed by atoms with van der Waals surface area (Å²) in [4.78, 5) is 16.9. The van der Waals surface area contributed by atoms with Crippen LogP contribution in [0.25, 0.3) is 0 Å². The van der Waals surface area contributed by atoms with Gasteiger partial charge in [0.2, 0.25) is 0 Å². The molecule has 41 heavy (non-hydrogen) atoms. The van der Waals surface area contributed by atoms with Crippen LogP contribution in [0.15, 0.2) is 82.8 Å². The van der Waals surface area contributed by atoms with E-state index in [2.05, 4.69) is 34.3 Å². The number of aliphatic carboxylic acids is 1. The first-order valence-electron chi connectivity index (χ1n) is 12.3. The van der Waals surface area contributed by atoms with Crippen molar-refractivity contribution in [1.29, 1.82) is 0 Å². The quantitative estimate of drug-likeness (QED) is 0.161. The lowest BCUT2D eigenvalue weighted by Crippen LogP contribution is -2.23. The maximum Gasteiger partial charge on any atom is 0.490 e. The number of alkyl halides is 3. The fraction of sp³-hybridized carbons (Fsp3) is 0.250. The minimum Gasteiger partial charge on any atom is -0.489 e. The summed E-state index contributed by atoms with van der Waals surface area (Å²) >= 11 is 0. The number of nitrogens with two attached hydrogens (primary N) is 4. The average Bonchev–Trinajstić information content (AvgIpc) is 2.92. The predicted octanol–water partition coefficient (Wildman–Crippen LogP) is 3.11. The number of ether oxygens (including phenoxy) is 2. The van der Waals surface area contributed by atoms with Crippen molar-refractivity contribution in [3.8, 4) is 11.5 Å². The number of carbonyl (C=O) groups is 1. The Kier molecular flexibility index (Phi) is 12.8. The Morgan fingerprint density at radius 1 is 0.634 bits per heavy atom. The summed E-state index contributed by atoms with van der Waals surface area (Å²) in [6, 6.07) is 24.1. The zero-order valence-electron chi connectivity index (χ0n) is 22.2. The number of guanidine groups is 2. The Hall–Kier alpha value is -4.94. The third-order valence-electron chi connectivity index (χ3n) is 5.31. The molecule has 0 bridgehead atoms. The molecule has 3 aromatic rings. The van der Waals surface area contributed by atoms with Gasteiger partial charge in [-0.15, -0.1) is 0 Å². The lowest BCUT2D eigenvalue weighted by molar-refractivity contribution is -0.192. The van der Waals surface area contributed by atoms with Crippen LogP contribution in [-0.4, -0.2) is 42.3 Å². The van der Waals surface area contributed by atoms with Crippen molar-refractivity contribution >= 4 is 17.9 Å². The number of halogens is 3. The van der Waals surface area contributed by atoms with Gasteiger partial charge in [-0.2, -0.15) is 13.2 Å². The minimum atomic E-state index is -5.08. The first-order chi connectivity index (χ1) is 19.4. The highest BCUT2D eigenvalue weighted by atomic mass is 19.4. The van der Waals surface area contributed by atoms with E-state index in [0.717, 1.165) is 46.6 Å². The molecular formula is C28H33F3N6O4. The van der Waals surface area contributed by atoms with Gasteiger partial charge < -0.3 is 37.5 Å². The van der Waals surface area contributed by atoms with Crippen LogP contribution in [0, 0.1) is 0 Å². The molecule has 0 unspecified atom stereocenters. The van der Waals surface area contributed by atoms with Crippen molar-refractivity contribution < 1.29 is 32.5 Å². The summed E-state index contributed by atoms with van der Waals surface area (Å²) in [5, 5.41) is 7.12. The van der Waals surface area contributed by atoms with Crippen LogP contribution in [0.5, 0.6) is 11.5 Å². The maximum atomic E-state index is 10.6. The van der Waals surface area contributed by atoms with Crippen LogP contribution < -0.4 is 32.4 Å². The van der Waals surface area contributed by atoms with Crippen molar-refractivity contribution in [3.05, 3.63) is 95.1 Å². The highest BCUT2D eigenvalue weighted by molar-refractivity contribution is 5.76. The van der Waals surface area contributed by atoms with Gasteiger partial charge in [0.15, 0.2) is 11.9 Å². The van der Waals surface area contributed by atoms with Crippen LogP contribution in [0.4, 0.5) is 13.2 Å². The van der Waals surface area contributed by atoms with E-state index >= 15 is 0 Å². The number of aliphatic imine (C=N–C) groups is 2. The van der Waals surface area contributed by atoms with Crippen molar-refractivity contribution in [3.63, 3.8) is 0 Å². The molecule has 0 aliphatic heterocycles. The largest absolute Gasteiger partial charge is 0.490 e. The second-order valence-corrected chi connectivity index (χ2v) is 8.60. The third-order valence-corrected chi connectivity index (χ3v) is 5.31. The number of benzene rings is 3. The maximum absolute atomic E-state index is 10.6. The van der Waals surface area contributed by atoms with Crippen LogP contribution in [0.1, 0.15) is 22.3 Å². The van der Waals surface area contributed by atoms with Gasteiger partial charge in [0, 0.05) is 13.1 Å². The first-order valence-corrected chi connectivity index (χ1v) is 12.3. The molecule has 9 N–H and O–H groups in total. The van der Waals surface area contributed by atoms with Crippen LogP contribution in [-0.2, 0) is 30.8 Å². The summed E-state index contributed by atoms with van der Waals surface area (Å²) in [5.74, 6) is -0.890. The number of carboxylic acid groups (broad SMARTS) is 1. The molecule has 13 heteroatoms. The number of hydrogen-bond donors (Lipinski definition) is 5. The van der Waals surface area contributed by atoms with Gasteiger partial charge in [-0.25, -0.2) is 4.79 Å². The molecule has 0 atom stereocenters.